The smallest absolute Gasteiger partial charge is 0.203 e. The maximum Gasteiger partial charge on any atom is 0.203 e. The Kier molecular flexibility index (Phi) is 7.29. The Morgan fingerprint density at radius 1 is 0.492 bits per heavy atom. The molecule has 0 saturated heterocycles. The van der Waals surface area contributed by atoms with Crippen LogP contribution >= 0.6 is 0 Å². The van der Waals surface area contributed by atoms with Crippen LogP contribution in [0.5, 0.6) is 0 Å². The molecule has 0 atom stereocenters. The monoisotopic (exact) mass is 769 g/mol. The van der Waals surface area contributed by atoms with Gasteiger partial charge in [0.2, 0.25) is 8.07 Å². The van der Waals surface area contributed by atoms with Crippen molar-refractivity contribution in [2.75, 3.05) is 0 Å². The lowest BCUT2D eigenvalue weighted by atomic mass is 9.81. The Labute approximate surface area is 345 Å². The van der Waals surface area contributed by atoms with Gasteiger partial charge < -0.3 is 4.57 Å². The number of hydrogen-bond acceptors (Lipinski definition) is 2. The van der Waals surface area contributed by atoms with Crippen LogP contribution < -0.4 is 20.9 Å². The Hall–Kier alpha value is -7.14. The molecule has 3 heterocycles. The molecular formula is C55H39N3Si. The van der Waals surface area contributed by atoms with Crippen LogP contribution in [0, 0.1) is 0 Å². The molecule has 0 fully saturated rings. The van der Waals surface area contributed by atoms with E-state index in [9.17, 15) is 0 Å². The van der Waals surface area contributed by atoms with E-state index in [1.165, 1.54) is 65.2 Å². The van der Waals surface area contributed by atoms with E-state index in [4.69, 9.17) is 9.97 Å². The maximum atomic E-state index is 5.83. The van der Waals surface area contributed by atoms with Gasteiger partial charge >= 0.3 is 0 Å². The first-order valence-electron chi connectivity index (χ1n) is 20.5. The first-order valence-corrected chi connectivity index (χ1v) is 22.5. The number of rotatable bonds is 5. The van der Waals surface area contributed by atoms with E-state index in [1.54, 1.807) is 0 Å². The van der Waals surface area contributed by atoms with Gasteiger partial charge in [-0.1, -0.05) is 196 Å². The van der Waals surface area contributed by atoms with Crippen molar-refractivity contribution in [2.45, 2.75) is 19.3 Å². The van der Waals surface area contributed by atoms with E-state index >= 15 is 0 Å². The summed E-state index contributed by atoms with van der Waals surface area (Å²) in [5.74, 6) is 0.736. The summed E-state index contributed by atoms with van der Waals surface area (Å²) in [6.07, 6.45) is 0. The summed E-state index contributed by atoms with van der Waals surface area (Å²) in [6.45, 7) is 4.76. The molecule has 3 nitrogen and oxygen atoms in total. The zero-order valence-corrected chi connectivity index (χ0v) is 33.9. The number of hydrogen-bond donors (Lipinski definition) is 0. The summed E-state index contributed by atoms with van der Waals surface area (Å²) in [7, 11) is -2.91. The summed E-state index contributed by atoms with van der Waals surface area (Å²) >= 11 is 0. The van der Waals surface area contributed by atoms with E-state index in [2.05, 4.69) is 219 Å². The van der Waals surface area contributed by atoms with E-state index in [1.807, 2.05) is 0 Å². The number of aromatic nitrogens is 3. The summed E-state index contributed by atoms with van der Waals surface area (Å²) < 4.78 is 2.49. The molecule has 1 aliphatic heterocycles. The molecule has 2 aromatic heterocycles. The summed E-state index contributed by atoms with van der Waals surface area (Å²) in [6, 6.07) is 73.3. The van der Waals surface area contributed by atoms with Gasteiger partial charge in [-0.15, -0.1) is 0 Å². The van der Waals surface area contributed by atoms with Crippen LogP contribution in [0.15, 0.2) is 200 Å². The number of fused-ring (bicyclic) bond motifs is 10. The van der Waals surface area contributed by atoms with Gasteiger partial charge in [-0.05, 0) is 61.6 Å². The van der Waals surface area contributed by atoms with Crippen molar-refractivity contribution in [3.8, 4) is 50.6 Å². The summed E-state index contributed by atoms with van der Waals surface area (Å²) in [5, 5.41) is 7.65. The molecule has 0 amide bonds. The van der Waals surface area contributed by atoms with Crippen molar-refractivity contribution < 1.29 is 0 Å². The molecule has 0 N–H and O–H groups in total. The molecule has 10 aromatic rings. The minimum atomic E-state index is -2.91. The van der Waals surface area contributed by atoms with Gasteiger partial charge in [0.15, 0.2) is 5.82 Å². The van der Waals surface area contributed by atoms with Gasteiger partial charge in [0.25, 0.3) is 0 Å². The molecule has 8 aromatic carbocycles. The highest BCUT2D eigenvalue weighted by Gasteiger charge is 2.51. The van der Waals surface area contributed by atoms with Crippen molar-refractivity contribution in [3.05, 3.63) is 211 Å². The lowest BCUT2D eigenvalue weighted by molar-refractivity contribution is 0.664. The number of para-hydroxylation sites is 1. The lowest BCUT2D eigenvalue weighted by Crippen LogP contribution is -2.73. The third kappa shape index (κ3) is 4.69. The SMILES string of the molecule is CC1(C)c2ccccc2-c2ccc3c4ccccc4n(-c4cccc(-c5nc(-c6ccccc6)c6c(n5)[Si](c5ccccc5)(c5ccccc5)c5ccccc5-6)c4)c3c21. The molecule has 0 radical (unpaired) electrons. The van der Waals surface area contributed by atoms with E-state index in [-0.39, 0.29) is 5.41 Å². The number of nitrogens with zero attached hydrogens (tertiary/aromatic N) is 3. The summed E-state index contributed by atoms with van der Waals surface area (Å²) in [5.41, 5.74) is 14.2. The van der Waals surface area contributed by atoms with Crippen molar-refractivity contribution in [2.24, 2.45) is 0 Å². The molecule has 0 bridgehead atoms. The Morgan fingerprint density at radius 2 is 1.12 bits per heavy atom. The van der Waals surface area contributed by atoms with Gasteiger partial charge in [-0.2, -0.15) is 0 Å². The van der Waals surface area contributed by atoms with Crippen LogP contribution in [0.4, 0.5) is 0 Å². The molecule has 0 saturated carbocycles. The van der Waals surface area contributed by atoms with Gasteiger partial charge in [0.05, 0.1) is 22.0 Å². The third-order valence-electron chi connectivity index (χ3n) is 13.0. The molecular weight excluding hydrogens is 731 g/mol. The minimum absolute atomic E-state index is 0.180. The molecule has 12 rings (SSSR count). The highest BCUT2D eigenvalue weighted by atomic mass is 28.3. The van der Waals surface area contributed by atoms with E-state index in [0.717, 1.165) is 39.2 Å². The highest BCUT2D eigenvalue weighted by Crippen LogP contribution is 2.53. The Balaban J connectivity index is 1.16. The second-order valence-electron chi connectivity index (χ2n) is 16.5. The van der Waals surface area contributed by atoms with Crippen LogP contribution in [-0.2, 0) is 5.41 Å². The highest BCUT2D eigenvalue weighted by molar-refractivity contribution is 7.21. The fraction of sp³-hybridized carbons (Fsp3) is 0.0545. The predicted molar refractivity (Wildman–Crippen MR) is 247 cm³/mol. The lowest BCUT2D eigenvalue weighted by Gasteiger charge is -2.30. The molecule has 59 heavy (non-hydrogen) atoms. The molecule has 0 spiro atoms. The van der Waals surface area contributed by atoms with Crippen molar-refractivity contribution in [3.63, 3.8) is 0 Å². The van der Waals surface area contributed by atoms with Crippen molar-refractivity contribution >= 4 is 50.8 Å². The quantitative estimate of drug-likeness (QED) is 0.163. The maximum absolute atomic E-state index is 5.83. The third-order valence-corrected chi connectivity index (χ3v) is 17.8. The average Bonchev–Trinajstić information content (AvgIpc) is 3.88. The molecule has 1 aliphatic carbocycles. The zero-order chi connectivity index (χ0) is 39.3. The van der Waals surface area contributed by atoms with Crippen LogP contribution in [0.25, 0.3) is 72.4 Å². The van der Waals surface area contributed by atoms with Gasteiger partial charge in [0, 0.05) is 38.6 Å². The Bertz CT molecular complexity index is 3250. The minimum Gasteiger partial charge on any atom is -0.309 e. The van der Waals surface area contributed by atoms with E-state index in [0.29, 0.717) is 0 Å². The van der Waals surface area contributed by atoms with Crippen molar-refractivity contribution in [1.29, 1.82) is 0 Å². The van der Waals surface area contributed by atoms with Crippen LogP contribution in [0.3, 0.4) is 0 Å². The average molecular weight is 770 g/mol. The molecule has 2 aliphatic rings. The molecule has 278 valence electrons. The van der Waals surface area contributed by atoms with Gasteiger partial charge in [0.1, 0.15) is 0 Å². The fourth-order valence-corrected chi connectivity index (χ4v) is 15.6. The van der Waals surface area contributed by atoms with Crippen LogP contribution in [-0.4, -0.2) is 22.6 Å². The summed E-state index contributed by atoms with van der Waals surface area (Å²) in [4.78, 5) is 11.4. The molecule has 0 unspecified atom stereocenters. The second kappa shape index (κ2) is 12.7. The van der Waals surface area contributed by atoms with Crippen LogP contribution in [0.2, 0.25) is 0 Å². The first kappa shape index (κ1) is 33.9. The topological polar surface area (TPSA) is 30.7 Å². The Morgan fingerprint density at radius 3 is 1.88 bits per heavy atom. The normalized spacial score (nSPS) is 14.2. The van der Waals surface area contributed by atoms with Crippen molar-refractivity contribution in [1.82, 2.24) is 14.5 Å². The fourth-order valence-electron chi connectivity index (χ4n) is 10.6. The van der Waals surface area contributed by atoms with Gasteiger partial charge in [-0.3, -0.25) is 0 Å². The van der Waals surface area contributed by atoms with E-state index < -0.39 is 8.07 Å². The first-order chi connectivity index (χ1) is 29.0. The zero-order valence-electron chi connectivity index (χ0n) is 32.9. The number of benzene rings is 8. The van der Waals surface area contributed by atoms with Gasteiger partial charge in [-0.25, -0.2) is 9.97 Å². The molecule has 4 heteroatoms. The standard InChI is InChI=1S/C55H39N3Si/c1-55(2)46-30-15-12-27-41(46)43-33-34-44-42-28-13-16-31-47(42)58(52(44)50(43)55)38-22-18-21-37(35-38)53-56-51(36-19-6-3-7-20-36)49-45-29-14-17-32-48(45)59(54(49)57-53,39-23-8-4-9-24-39)40-25-10-5-11-26-40/h3-35H,1-2H3. The predicted octanol–water partition coefficient (Wildman–Crippen LogP) is 10.6. The van der Waals surface area contributed by atoms with Crippen LogP contribution in [0.1, 0.15) is 25.0 Å². The second-order valence-corrected chi connectivity index (χ2v) is 20.1. The largest absolute Gasteiger partial charge is 0.309 e.